The minimum atomic E-state index is -0.00414. The Kier molecular flexibility index (Phi) is 4.76. The summed E-state index contributed by atoms with van der Waals surface area (Å²) in [5.41, 5.74) is 1.08. The SMILES string of the molecule is CCC(C)(C(NC)c1c(OC)cnn1C)N(C)C. The van der Waals surface area contributed by atoms with Gasteiger partial charge in [0.05, 0.1) is 25.0 Å². The number of ether oxygens (including phenoxy) is 1. The van der Waals surface area contributed by atoms with Crippen molar-refractivity contribution in [3.05, 3.63) is 11.9 Å². The van der Waals surface area contributed by atoms with Crippen molar-refractivity contribution >= 4 is 0 Å². The average Bonchev–Trinajstić information content (AvgIpc) is 2.71. The van der Waals surface area contributed by atoms with Crippen molar-refractivity contribution in [1.29, 1.82) is 0 Å². The Morgan fingerprint density at radius 3 is 2.56 bits per heavy atom. The van der Waals surface area contributed by atoms with E-state index in [1.807, 2.05) is 18.8 Å². The lowest BCUT2D eigenvalue weighted by atomic mass is 9.85. The van der Waals surface area contributed by atoms with Crippen molar-refractivity contribution in [2.75, 3.05) is 28.3 Å². The zero-order valence-electron chi connectivity index (χ0n) is 12.6. The molecular formula is C13H26N4O. The van der Waals surface area contributed by atoms with E-state index < -0.39 is 0 Å². The molecule has 0 aliphatic rings. The molecule has 0 aliphatic carbocycles. The predicted molar refractivity (Wildman–Crippen MR) is 73.9 cm³/mol. The average molecular weight is 254 g/mol. The Morgan fingerprint density at radius 1 is 1.56 bits per heavy atom. The number of nitrogens with one attached hydrogen (secondary N) is 1. The predicted octanol–water partition coefficient (Wildman–Crippen LogP) is 1.42. The Balaban J connectivity index is 3.28. The molecule has 1 N–H and O–H groups in total. The molecule has 0 saturated heterocycles. The van der Waals surface area contributed by atoms with Crippen LogP contribution in [-0.2, 0) is 7.05 Å². The third-order valence-corrected chi connectivity index (χ3v) is 4.09. The van der Waals surface area contributed by atoms with Crippen LogP contribution in [0.4, 0.5) is 0 Å². The Hall–Kier alpha value is -1.07. The van der Waals surface area contributed by atoms with Crippen LogP contribution in [0.3, 0.4) is 0 Å². The fraction of sp³-hybridized carbons (Fsp3) is 0.769. The van der Waals surface area contributed by atoms with Crippen molar-refractivity contribution in [2.45, 2.75) is 31.8 Å². The lowest BCUT2D eigenvalue weighted by Crippen LogP contribution is -2.51. The highest BCUT2D eigenvalue weighted by Gasteiger charge is 2.38. The van der Waals surface area contributed by atoms with Crippen molar-refractivity contribution in [3.63, 3.8) is 0 Å². The third-order valence-electron chi connectivity index (χ3n) is 4.09. The summed E-state index contributed by atoms with van der Waals surface area (Å²) in [6.45, 7) is 4.45. The molecule has 1 heterocycles. The first-order valence-electron chi connectivity index (χ1n) is 6.32. The van der Waals surface area contributed by atoms with Crippen LogP contribution in [0.1, 0.15) is 32.0 Å². The molecule has 1 aromatic heterocycles. The molecule has 1 aromatic rings. The highest BCUT2D eigenvalue weighted by molar-refractivity contribution is 5.30. The van der Waals surface area contributed by atoms with Gasteiger partial charge in [0, 0.05) is 12.6 Å². The summed E-state index contributed by atoms with van der Waals surface area (Å²) >= 11 is 0. The minimum absolute atomic E-state index is 0.00414. The van der Waals surface area contributed by atoms with E-state index in [2.05, 4.69) is 43.3 Å². The van der Waals surface area contributed by atoms with Crippen molar-refractivity contribution < 1.29 is 4.74 Å². The van der Waals surface area contributed by atoms with Crippen LogP contribution in [0.25, 0.3) is 0 Å². The highest BCUT2D eigenvalue weighted by atomic mass is 16.5. The van der Waals surface area contributed by atoms with Gasteiger partial charge < -0.3 is 15.0 Å². The van der Waals surface area contributed by atoms with E-state index in [1.54, 1.807) is 13.3 Å². The molecule has 0 amide bonds. The normalized spacial score (nSPS) is 16.7. The second kappa shape index (κ2) is 5.71. The number of methoxy groups -OCH3 is 1. The molecule has 18 heavy (non-hydrogen) atoms. The van der Waals surface area contributed by atoms with E-state index in [9.17, 15) is 0 Å². The molecule has 0 aliphatic heterocycles. The van der Waals surface area contributed by atoms with Gasteiger partial charge >= 0.3 is 0 Å². The highest BCUT2D eigenvalue weighted by Crippen LogP contribution is 2.36. The standard InChI is InChI=1S/C13H26N4O/c1-8-13(2,16(4)5)12(14-3)11-10(18-7)9-15-17(11)6/h9,12,14H,8H2,1-7H3. The van der Waals surface area contributed by atoms with Crippen molar-refractivity contribution in [2.24, 2.45) is 7.05 Å². The maximum absolute atomic E-state index is 5.43. The molecule has 5 nitrogen and oxygen atoms in total. The van der Waals surface area contributed by atoms with Crippen LogP contribution in [0.2, 0.25) is 0 Å². The number of nitrogens with zero attached hydrogens (tertiary/aromatic N) is 3. The van der Waals surface area contributed by atoms with E-state index in [1.165, 1.54) is 0 Å². The van der Waals surface area contributed by atoms with Gasteiger partial charge in [-0.15, -0.1) is 0 Å². The van der Waals surface area contributed by atoms with Crippen LogP contribution in [0.15, 0.2) is 6.20 Å². The summed E-state index contributed by atoms with van der Waals surface area (Å²) in [6.07, 6.45) is 2.80. The summed E-state index contributed by atoms with van der Waals surface area (Å²) in [5, 5.41) is 7.71. The molecule has 2 atom stereocenters. The Labute approximate surface area is 110 Å². The second-order valence-corrected chi connectivity index (χ2v) is 5.05. The van der Waals surface area contributed by atoms with E-state index in [0.29, 0.717) is 0 Å². The number of aryl methyl sites for hydroxylation is 1. The number of hydrogen-bond donors (Lipinski definition) is 1. The van der Waals surface area contributed by atoms with Crippen LogP contribution >= 0.6 is 0 Å². The van der Waals surface area contributed by atoms with E-state index in [-0.39, 0.29) is 11.6 Å². The first-order valence-corrected chi connectivity index (χ1v) is 6.32. The summed E-state index contributed by atoms with van der Waals surface area (Å²) in [7, 11) is 9.84. The first-order chi connectivity index (χ1) is 8.42. The molecule has 0 spiro atoms. The van der Waals surface area contributed by atoms with E-state index in [4.69, 9.17) is 4.74 Å². The first kappa shape index (κ1) is 15.0. The molecule has 0 saturated carbocycles. The Morgan fingerprint density at radius 2 is 2.17 bits per heavy atom. The fourth-order valence-electron chi connectivity index (χ4n) is 2.43. The van der Waals surface area contributed by atoms with E-state index in [0.717, 1.165) is 17.9 Å². The topological polar surface area (TPSA) is 42.3 Å². The lowest BCUT2D eigenvalue weighted by Gasteiger charge is -2.42. The smallest absolute Gasteiger partial charge is 0.161 e. The van der Waals surface area contributed by atoms with Gasteiger partial charge in [-0.3, -0.25) is 4.68 Å². The zero-order chi connectivity index (χ0) is 13.9. The van der Waals surface area contributed by atoms with Gasteiger partial charge in [-0.2, -0.15) is 5.10 Å². The Bertz CT molecular complexity index is 388. The van der Waals surface area contributed by atoms with Crippen LogP contribution in [-0.4, -0.2) is 48.5 Å². The van der Waals surface area contributed by atoms with Gasteiger partial charge in [-0.1, -0.05) is 6.92 Å². The van der Waals surface area contributed by atoms with Gasteiger partial charge in [-0.25, -0.2) is 0 Å². The van der Waals surface area contributed by atoms with Crippen LogP contribution in [0.5, 0.6) is 5.75 Å². The van der Waals surface area contributed by atoms with Gasteiger partial charge in [-0.05, 0) is 34.5 Å². The molecular weight excluding hydrogens is 228 g/mol. The van der Waals surface area contributed by atoms with Gasteiger partial charge in [0.25, 0.3) is 0 Å². The monoisotopic (exact) mass is 254 g/mol. The van der Waals surface area contributed by atoms with Crippen LogP contribution < -0.4 is 10.1 Å². The van der Waals surface area contributed by atoms with Crippen molar-refractivity contribution in [3.8, 4) is 5.75 Å². The molecule has 104 valence electrons. The minimum Gasteiger partial charge on any atom is -0.493 e. The summed E-state index contributed by atoms with van der Waals surface area (Å²) in [5.74, 6) is 0.832. The summed E-state index contributed by atoms with van der Waals surface area (Å²) in [4.78, 5) is 2.25. The maximum Gasteiger partial charge on any atom is 0.161 e. The molecule has 1 rings (SSSR count). The second-order valence-electron chi connectivity index (χ2n) is 5.05. The fourth-order valence-corrected chi connectivity index (χ4v) is 2.43. The molecule has 0 aromatic carbocycles. The zero-order valence-corrected chi connectivity index (χ0v) is 12.6. The maximum atomic E-state index is 5.43. The van der Waals surface area contributed by atoms with Gasteiger partial charge in [0.15, 0.2) is 5.75 Å². The molecule has 2 unspecified atom stereocenters. The molecule has 5 heteroatoms. The van der Waals surface area contributed by atoms with E-state index >= 15 is 0 Å². The van der Waals surface area contributed by atoms with Crippen LogP contribution in [0, 0.1) is 0 Å². The molecule has 0 bridgehead atoms. The summed E-state index contributed by atoms with van der Waals surface area (Å²) in [6, 6.07) is 0.153. The largest absolute Gasteiger partial charge is 0.493 e. The van der Waals surface area contributed by atoms with Crippen molar-refractivity contribution in [1.82, 2.24) is 20.0 Å². The number of hydrogen-bond acceptors (Lipinski definition) is 4. The number of rotatable bonds is 6. The third kappa shape index (κ3) is 2.37. The van der Waals surface area contributed by atoms with Gasteiger partial charge in [0.2, 0.25) is 0 Å². The summed E-state index contributed by atoms with van der Waals surface area (Å²) < 4.78 is 7.31. The molecule has 0 radical (unpaired) electrons. The molecule has 0 fully saturated rings. The van der Waals surface area contributed by atoms with Gasteiger partial charge in [0.1, 0.15) is 0 Å². The lowest BCUT2D eigenvalue weighted by molar-refractivity contribution is 0.111. The number of likely N-dealkylation sites (N-methyl/N-ethyl adjacent to an activating group) is 2. The number of aromatic nitrogens is 2. The quantitative estimate of drug-likeness (QED) is 0.834.